The van der Waals surface area contributed by atoms with Crippen molar-refractivity contribution in [2.45, 2.75) is 0 Å². The van der Waals surface area contributed by atoms with Gasteiger partial charge in [-0.2, -0.15) is 0 Å². The summed E-state index contributed by atoms with van der Waals surface area (Å²) in [5.41, 5.74) is 3.12. The molecule has 0 aliphatic rings. The molecule has 5 rings (SSSR count). The predicted octanol–water partition coefficient (Wildman–Crippen LogP) is 8.18. The number of anilines is 1. The minimum absolute atomic E-state index is 0.577. The van der Waals surface area contributed by atoms with Crippen molar-refractivity contribution in [3.8, 4) is 0 Å². The molecule has 4 heteroatoms. The van der Waals surface area contributed by atoms with E-state index in [9.17, 15) is 0 Å². The Labute approximate surface area is 204 Å². The number of hydrogen-bond acceptors (Lipinski definition) is 2. The number of benzene rings is 5. The van der Waals surface area contributed by atoms with E-state index >= 15 is 0 Å². The molecular formula is C29H24Cl2N2. The molecule has 0 unspecified atom stereocenters. The Morgan fingerprint density at radius 1 is 0.636 bits per heavy atom. The van der Waals surface area contributed by atoms with Crippen molar-refractivity contribution in [2.75, 3.05) is 29.7 Å². The van der Waals surface area contributed by atoms with Crippen LogP contribution in [0.25, 0.3) is 32.3 Å². The molecule has 33 heavy (non-hydrogen) atoms. The number of rotatable bonds is 7. The Bertz CT molecular complexity index is 1440. The van der Waals surface area contributed by atoms with Crippen molar-refractivity contribution in [2.24, 2.45) is 4.99 Å². The van der Waals surface area contributed by atoms with Crippen LogP contribution >= 0.6 is 23.2 Å². The smallest absolute Gasteiger partial charge is 0.0636 e. The van der Waals surface area contributed by atoms with Gasteiger partial charge in [-0.25, -0.2) is 0 Å². The lowest BCUT2D eigenvalue weighted by Gasteiger charge is -2.22. The van der Waals surface area contributed by atoms with E-state index in [0.29, 0.717) is 11.8 Å². The van der Waals surface area contributed by atoms with Gasteiger partial charge in [0.1, 0.15) is 0 Å². The second kappa shape index (κ2) is 9.82. The van der Waals surface area contributed by atoms with Gasteiger partial charge in [-0.3, -0.25) is 4.99 Å². The molecule has 0 spiro atoms. The average molecular weight is 471 g/mol. The van der Waals surface area contributed by atoms with Gasteiger partial charge < -0.3 is 4.90 Å². The summed E-state index contributed by atoms with van der Waals surface area (Å²) < 4.78 is 0. The fourth-order valence-electron chi connectivity index (χ4n) is 4.39. The third kappa shape index (κ3) is 4.55. The van der Waals surface area contributed by atoms with Gasteiger partial charge in [-0.15, -0.1) is 23.2 Å². The molecule has 0 aliphatic heterocycles. The van der Waals surface area contributed by atoms with Gasteiger partial charge in [0, 0.05) is 36.8 Å². The number of hydrogen-bond donors (Lipinski definition) is 0. The van der Waals surface area contributed by atoms with E-state index in [1.165, 1.54) is 32.3 Å². The maximum absolute atomic E-state index is 5.92. The molecule has 5 aromatic carbocycles. The van der Waals surface area contributed by atoms with Crippen LogP contribution in [0.15, 0.2) is 96.0 Å². The lowest BCUT2D eigenvalue weighted by atomic mass is 9.97. The molecule has 0 N–H and O–H groups in total. The summed E-state index contributed by atoms with van der Waals surface area (Å²) in [4.78, 5) is 6.92. The molecule has 0 aliphatic carbocycles. The van der Waals surface area contributed by atoms with E-state index in [0.717, 1.165) is 30.0 Å². The number of alkyl halides is 2. The predicted molar refractivity (Wildman–Crippen MR) is 146 cm³/mol. The molecule has 0 atom stereocenters. The molecule has 2 nitrogen and oxygen atoms in total. The number of aliphatic imine (C=N–C) groups is 1. The molecule has 164 valence electrons. The van der Waals surface area contributed by atoms with Gasteiger partial charge in [0.25, 0.3) is 0 Å². The van der Waals surface area contributed by atoms with Crippen molar-refractivity contribution in [3.63, 3.8) is 0 Å². The van der Waals surface area contributed by atoms with E-state index in [1.54, 1.807) is 0 Å². The van der Waals surface area contributed by atoms with Crippen LogP contribution in [0.4, 0.5) is 11.4 Å². The summed E-state index contributed by atoms with van der Waals surface area (Å²) >= 11 is 11.8. The van der Waals surface area contributed by atoms with Gasteiger partial charge in [-0.1, -0.05) is 66.7 Å². The zero-order valence-corrected chi connectivity index (χ0v) is 19.7. The van der Waals surface area contributed by atoms with Crippen LogP contribution < -0.4 is 4.90 Å². The fraction of sp³-hybridized carbons (Fsp3) is 0.138. The quantitative estimate of drug-likeness (QED) is 0.133. The molecule has 0 heterocycles. The van der Waals surface area contributed by atoms with Crippen molar-refractivity contribution < 1.29 is 0 Å². The normalized spacial score (nSPS) is 11.7. The first kappa shape index (κ1) is 21.8. The highest BCUT2D eigenvalue weighted by atomic mass is 35.5. The Hall–Kier alpha value is -3.07. The number of halogens is 2. The number of fused-ring (bicyclic) bond motifs is 5. The zero-order valence-electron chi connectivity index (χ0n) is 18.2. The highest BCUT2D eigenvalue weighted by molar-refractivity contribution is 6.19. The molecule has 0 bridgehead atoms. The van der Waals surface area contributed by atoms with Crippen LogP contribution in [-0.4, -0.2) is 31.1 Å². The lowest BCUT2D eigenvalue weighted by molar-refractivity contribution is 0.874. The third-order valence-corrected chi connectivity index (χ3v) is 6.39. The summed E-state index contributed by atoms with van der Waals surface area (Å²) in [5, 5.41) is 7.56. The van der Waals surface area contributed by atoms with Crippen molar-refractivity contribution >= 4 is 73.1 Å². The van der Waals surface area contributed by atoms with Gasteiger partial charge in [0.2, 0.25) is 0 Å². The minimum Gasteiger partial charge on any atom is -0.369 e. The van der Waals surface area contributed by atoms with Gasteiger partial charge in [-0.05, 0) is 62.1 Å². The monoisotopic (exact) mass is 470 g/mol. The summed E-state index contributed by atoms with van der Waals surface area (Å²) in [7, 11) is 0. The highest BCUT2D eigenvalue weighted by Crippen LogP contribution is 2.32. The van der Waals surface area contributed by atoms with Crippen LogP contribution in [-0.2, 0) is 0 Å². The largest absolute Gasteiger partial charge is 0.369 e. The third-order valence-electron chi connectivity index (χ3n) is 6.06. The first-order valence-corrected chi connectivity index (χ1v) is 12.2. The summed E-state index contributed by atoms with van der Waals surface area (Å²) in [6.07, 6.45) is 1.91. The second-order valence-corrected chi connectivity index (χ2v) is 8.82. The molecule has 0 aromatic heterocycles. The van der Waals surface area contributed by atoms with E-state index in [2.05, 4.69) is 95.9 Å². The van der Waals surface area contributed by atoms with Crippen LogP contribution in [0.5, 0.6) is 0 Å². The van der Waals surface area contributed by atoms with Gasteiger partial charge in [0.05, 0.1) is 5.69 Å². The van der Waals surface area contributed by atoms with Gasteiger partial charge in [0.15, 0.2) is 0 Å². The fourth-order valence-corrected chi connectivity index (χ4v) is 4.80. The molecule has 0 fully saturated rings. The number of nitrogens with zero attached hydrogens (tertiary/aromatic N) is 2. The van der Waals surface area contributed by atoms with E-state index in [-0.39, 0.29) is 0 Å². The van der Waals surface area contributed by atoms with Crippen LogP contribution in [0.1, 0.15) is 5.56 Å². The van der Waals surface area contributed by atoms with Crippen molar-refractivity contribution in [3.05, 3.63) is 96.6 Å². The SMILES string of the molecule is ClCCN(CCCl)c1ccc(C=Nc2ccc3c(ccc4c5ccccc5ccc34)c2)cc1. The summed E-state index contributed by atoms with van der Waals surface area (Å²) in [6, 6.07) is 32.1. The Morgan fingerprint density at radius 3 is 2.00 bits per heavy atom. The zero-order chi connectivity index (χ0) is 22.6. The van der Waals surface area contributed by atoms with E-state index in [4.69, 9.17) is 28.2 Å². The highest BCUT2D eigenvalue weighted by Gasteiger charge is 2.06. The lowest BCUT2D eigenvalue weighted by Crippen LogP contribution is -2.27. The maximum atomic E-state index is 5.92. The molecule has 0 saturated carbocycles. The summed E-state index contributed by atoms with van der Waals surface area (Å²) in [6.45, 7) is 1.56. The first-order chi connectivity index (χ1) is 16.3. The van der Waals surface area contributed by atoms with Crippen LogP contribution in [0.3, 0.4) is 0 Å². The van der Waals surface area contributed by atoms with Crippen molar-refractivity contribution in [1.29, 1.82) is 0 Å². The average Bonchev–Trinajstić information content (AvgIpc) is 2.87. The molecule has 0 amide bonds. The standard InChI is InChI=1S/C29H24Cl2N2/c30-15-17-33(18-16-31)25-10-5-21(6-11-25)20-32-24-9-14-27-23(19-24)8-13-28-26-4-2-1-3-22(26)7-12-29(27)28/h1-14,19-20H,15-18H2. The van der Waals surface area contributed by atoms with Gasteiger partial charge >= 0.3 is 0 Å². The van der Waals surface area contributed by atoms with E-state index < -0.39 is 0 Å². The Morgan fingerprint density at radius 2 is 1.27 bits per heavy atom. The molecule has 0 radical (unpaired) electrons. The Balaban J connectivity index is 1.42. The van der Waals surface area contributed by atoms with E-state index in [1.807, 2.05) is 6.21 Å². The Kier molecular flexibility index (Phi) is 6.48. The maximum Gasteiger partial charge on any atom is 0.0636 e. The van der Waals surface area contributed by atoms with Crippen molar-refractivity contribution in [1.82, 2.24) is 0 Å². The minimum atomic E-state index is 0.577. The topological polar surface area (TPSA) is 15.6 Å². The summed E-state index contributed by atoms with van der Waals surface area (Å²) in [5.74, 6) is 1.15. The molecule has 5 aromatic rings. The van der Waals surface area contributed by atoms with Crippen LogP contribution in [0.2, 0.25) is 0 Å². The second-order valence-electron chi connectivity index (χ2n) is 8.07. The molecule has 0 saturated heterocycles. The first-order valence-electron chi connectivity index (χ1n) is 11.1. The molecular weight excluding hydrogens is 447 g/mol. The van der Waals surface area contributed by atoms with Crippen LogP contribution in [0, 0.1) is 0 Å².